The number of hydrogen-bond acceptors (Lipinski definition) is 3. The molecule has 114 valence electrons. The fraction of sp³-hybridized carbons (Fsp3) is 0.786. The maximum atomic E-state index is 12.0. The quantitative estimate of drug-likeness (QED) is 0.762. The fourth-order valence-corrected chi connectivity index (χ4v) is 2.36. The molecule has 1 saturated heterocycles. The SMILES string of the molecule is CCCNC(=O)CCC(=O)N1CCCC(C)(C(=O)O)C1. The Morgan fingerprint density at radius 1 is 1.30 bits per heavy atom. The number of amides is 2. The molecule has 0 aromatic carbocycles. The van der Waals surface area contributed by atoms with E-state index in [0.717, 1.165) is 6.42 Å². The summed E-state index contributed by atoms with van der Waals surface area (Å²) in [6, 6.07) is 0. The molecule has 0 spiro atoms. The first kappa shape index (κ1) is 16.5. The third kappa shape index (κ3) is 4.51. The molecule has 20 heavy (non-hydrogen) atoms. The monoisotopic (exact) mass is 284 g/mol. The predicted octanol–water partition coefficient (Wildman–Crippen LogP) is 1.01. The zero-order valence-corrected chi connectivity index (χ0v) is 12.3. The highest BCUT2D eigenvalue weighted by molar-refractivity contribution is 5.84. The topological polar surface area (TPSA) is 86.7 Å². The van der Waals surface area contributed by atoms with E-state index in [1.165, 1.54) is 0 Å². The molecule has 2 amide bonds. The van der Waals surface area contributed by atoms with Gasteiger partial charge in [-0.25, -0.2) is 0 Å². The summed E-state index contributed by atoms with van der Waals surface area (Å²) < 4.78 is 0. The van der Waals surface area contributed by atoms with E-state index in [9.17, 15) is 19.5 Å². The highest BCUT2D eigenvalue weighted by atomic mass is 16.4. The molecule has 6 nitrogen and oxygen atoms in total. The summed E-state index contributed by atoms with van der Waals surface area (Å²) in [5.74, 6) is -1.13. The third-order valence-corrected chi connectivity index (χ3v) is 3.70. The fourth-order valence-electron chi connectivity index (χ4n) is 2.36. The van der Waals surface area contributed by atoms with E-state index in [4.69, 9.17) is 0 Å². The van der Waals surface area contributed by atoms with Gasteiger partial charge in [-0.3, -0.25) is 14.4 Å². The lowest BCUT2D eigenvalue weighted by Gasteiger charge is -2.37. The first-order valence-corrected chi connectivity index (χ1v) is 7.17. The summed E-state index contributed by atoms with van der Waals surface area (Å²) in [4.78, 5) is 36.3. The number of piperidine rings is 1. The summed E-state index contributed by atoms with van der Waals surface area (Å²) in [5.41, 5.74) is -0.863. The number of carbonyl (C=O) groups excluding carboxylic acids is 2. The predicted molar refractivity (Wildman–Crippen MR) is 74.1 cm³/mol. The number of rotatable bonds is 6. The largest absolute Gasteiger partial charge is 0.481 e. The van der Waals surface area contributed by atoms with Gasteiger partial charge in [0, 0.05) is 32.5 Å². The van der Waals surface area contributed by atoms with Crippen LogP contribution in [0.4, 0.5) is 0 Å². The molecular formula is C14H24N2O4. The van der Waals surface area contributed by atoms with Gasteiger partial charge in [0.1, 0.15) is 0 Å². The lowest BCUT2D eigenvalue weighted by Crippen LogP contribution is -2.48. The Morgan fingerprint density at radius 3 is 2.60 bits per heavy atom. The molecule has 1 atom stereocenters. The molecule has 1 aliphatic rings. The molecule has 1 fully saturated rings. The van der Waals surface area contributed by atoms with Gasteiger partial charge in [0.2, 0.25) is 11.8 Å². The summed E-state index contributed by atoms with van der Waals surface area (Å²) in [6.45, 7) is 5.07. The van der Waals surface area contributed by atoms with Gasteiger partial charge in [-0.2, -0.15) is 0 Å². The summed E-state index contributed by atoms with van der Waals surface area (Å²) >= 11 is 0. The number of aliphatic carboxylic acids is 1. The van der Waals surface area contributed by atoms with Crippen LogP contribution in [0.25, 0.3) is 0 Å². The van der Waals surface area contributed by atoms with Crippen molar-refractivity contribution in [3.8, 4) is 0 Å². The molecule has 1 rings (SSSR count). The highest BCUT2D eigenvalue weighted by Gasteiger charge is 2.39. The van der Waals surface area contributed by atoms with E-state index in [2.05, 4.69) is 5.32 Å². The molecule has 0 saturated carbocycles. The van der Waals surface area contributed by atoms with Crippen molar-refractivity contribution < 1.29 is 19.5 Å². The number of likely N-dealkylation sites (tertiary alicyclic amines) is 1. The van der Waals surface area contributed by atoms with Crippen molar-refractivity contribution in [2.75, 3.05) is 19.6 Å². The molecule has 0 aromatic rings. The van der Waals surface area contributed by atoms with Gasteiger partial charge in [0.15, 0.2) is 0 Å². The number of nitrogens with one attached hydrogen (secondary N) is 1. The Morgan fingerprint density at radius 2 is 2.00 bits per heavy atom. The second-order valence-electron chi connectivity index (χ2n) is 5.63. The molecule has 0 aliphatic carbocycles. The zero-order chi connectivity index (χ0) is 15.2. The van der Waals surface area contributed by atoms with E-state index in [-0.39, 0.29) is 31.2 Å². The number of nitrogens with zero attached hydrogens (tertiary/aromatic N) is 1. The minimum Gasteiger partial charge on any atom is -0.481 e. The maximum absolute atomic E-state index is 12.0. The number of carbonyl (C=O) groups is 3. The van der Waals surface area contributed by atoms with E-state index < -0.39 is 11.4 Å². The van der Waals surface area contributed by atoms with E-state index >= 15 is 0 Å². The molecule has 0 radical (unpaired) electrons. The van der Waals surface area contributed by atoms with Crippen LogP contribution in [0.15, 0.2) is 0 Å². The van der Waals surface area contributed by atoms with Crippen LogP contribution < -0.4 is 5.32 Å². The normalized spacial score (nSPS) is 22.4. The van der Waals surface area contributed by atoms with E-state index in [1.807, 2.05) is 6.92 Å². The van der Waals surface area contributed by atoms with Crippen molar-refractivity contribution in [1.82, 2.24) is 10.2 Å². The number of carboxylic acids is 1. The van der Waals surface area contributed by atoms with Crippen molar-refractivity contribution >= 4 is 17.8 Å². The molecule has 0 bridgehead atoms. The van der Waals surface area contributed by atoms with Gasteiger partial charge in [-0.05, 0) is 26.2 Å². The summed E-state index contributed by atoms with van der Waals surface area (Å²) in [6.07, 6.45) is 2.45. The van der Waals surface area contributed by atoms with Crippen molar-refractivity contribution in [1.29, 1.82) is 0 Å². The van der Waals surface area contributed by atoms with Gasteiger partial charge in [0.25, 0.3) is 0 Å². The Hall–Kier alpha value is -1.59. The van der Waals surface area contributed by atoms with Crippen LogP contribution in [0.2, 0.25) is 0 Å². The van der Waals surface area contributed by atoms with Gasteiger partial charge in [-0.15, -0.1) is 0 Å². The molecule has 1 heterocycles. The van der Waals surface area contributed by atoms with Gasteiger partial charge in [0.05, 0.1) is 5.41 Å². The van der Waals surface area contributed by atoms with Crippen molar-refractivity contribution in [2.45, 2.75) is 46.0 Å². The Bertz CT molecular complexity index is 383. The average Bonchev–Trinajstić information content (AvgIpc) is 2.42. The van der Waals surface area contributed by atoms with Crippen LogP contribution in [-0.4, -0.2) is 47.4 Å². The average molecular weight is 284 g/mol. The van der Waals surface area contributed by atoms with Gasteiger partial charge < -0.3 is 15.3 Å². The minimum absolute atomic E-state index is 0.127. The standard InChI is InChI=1S/C14H24N2O4/c1-3-8-15-11(17)5-6-12(18)16-9-4-7-14(2,10-16)13(19)20/h3-10H2,1-2H3,(H,15,17)(H,19,20). The first-order valence-electron chi connectivity index (χ1n) is 7.17. The number of carboxylic acid groups (broad SMARTS) is 1. The van der Waals surface area contributed by atoms with Crippen LogP contribution in [0.3, 0.4) is 0 Å². The Balaban J connectivity index is 2.43. The number of hydrogen-bond donors (Lipinski definition) is 2. The van der Waals surface area contributed by atoms with Crippen LogP contribution in [0.1, 0.15) is 46.0 Å². The van der Waals surface area contributed by atoms with Crippen LogP contribution in [0.5, 0.6) is 0 Å². The Kier molecular flexibility index (Phi) is 5.98. The molecule has 6 heteroatoms. The summed E-state index contributed by atoms with van der Waals surface area (Å²) in [7, 11) is 0. The molecule has 1 unspecified atom stereocenters. The van der Waals surface area contributed by atoms with Gasteiger partial charge >= 0.3 is 5.97 Å². The highest BCUT2D eigenvalue weighted by Crippen LogP contribution is 2.29. The van der Waals surface area contributed by atoms with Crippen LogP contribution in [-0.2, 0) is 14.4 Å². The summed E-state index contributed by atoms with van der Waals surface area (Å²) in [5, 5.41) is 11.9. The Labute approximate surface area is 119 Å². The van der Waals surface area contributed by atoms with E-state index in [1.54, 1.807) is 11.8 Å². The smallest absolute Gasteiger partial charge is 0.311 e. The van der Waals surface area contributed by atoms with Crippen molar-refractivity contribution in [2.24, 2.45) is 5.41 Å². The van der Waals surface area contributed by atoms with Gasteiger partial charge in [-0.1, -0.05) is 6.92 Å². The van der Waals surface area contributed by atoms with Crippen molar-refractivity contribution in [3.63, 3.8) is 0 Å². The minimum atomic E-state index is -0.865. The first-order chi connectivity index (χ1) is 9.39. The molecular weight excluding hydrogens is 260 g/mol. The molecule has 0 aromatic heterocycles. The van der Waals surface area contributed by atoms with Crippen molar-refractivity contribution in [3.05, 3.63) is 0 Å². The zero-order valence-electron chi connectivity index (χ0n) is 12.3. The maximum Gasteiger partial charge on any atom is 0.311 e. The molecule has 2 N–H and O–H groups in total. The molecule has 1 aliphatic heterocycles. The lowest BCUT2D eigenvalue weighted by molar-refractivity contribution is -0.153. The van der Waals surface area contributed by atoms with Crippen LogP contribution >= 0.6 is 0 Å². The lowest BCUT2D eigenvalue weighted by atomic mass is 9.82. The second kappa shape index (κ2) is 7.26. The van der Waals surface area contributed by atoms with E-state index in [0.29, 0.717) is 25.9 Å². The second-order valence-corrected chi connectivity index (χ2v) is 5.63. The van der Waals surface area contributed by atoms with Crippen LogP contribution in [0, 0.1) is 5.41 Å². The third-order valence-electron chi connectivity index (χ3n) is 3.70.